The Morgan fingerprint density at radius 3 is 2.84 bits per heavy atom. The van der Waals surface area contributed by atoms with Gasteiger partial charge in [0.15, 0.2) is 5.82 Å². The number of amides is 1. The number of anilines is 1. The number of nitrogens with zero attached hydrogens (tertiary/aromatic N) is 1. The molecule has 1 aromatic rings. The molecule has 4 N–H and O–H groups in total. The first-order valence-corrected chi connectivity index (χ1v) is 7.66. The van der Waals surface area contributed by atoms with E-state index in [1.165, 1.54) is 12.6 Å². The van der Waals surface area contributed by atoms with Gasteiger partial charge in [0.1, 0.15) is 0 Å². The van der Waals surface area contributed by atoms with Gasteiger partial charge in [-0.1, -0.05) is 18.0 Å². The lowest BCUT2D eigenvalue weighted by Gasteiger charge is -2.40. The van der Waals surface area contributed by atoms with E-state index in [1.807, 2.05) is 11.8 Å². The summed E-state index contributed by atoms with van der Waals surface area (Å²) in [6.07, 6.45) is 7.10. The number of aromatic nitrogens is 1. The lowest BCUT2D eigenvalue weighted by Crippen LogP contribution is -2.45. The zero-order valence-electron chi connectivity index (χ0n) is 10.7. The summed E-state index contributed by atoms with van der Waals surface area (Å²) in [5, 5.41) is 3.28. The molecule has 0 unspecified atom stereocenters. The fourth-order valence-corrected chi connectivity index (χ4v) is 3.17. The average Bonchev–Trinajstić information content (AvgIpc) is 2.37. The Balaban J connectivity index is 1.98. The third kappa shape index (κ3) is 3.13. The number of thioether (sulfide) groups is 1. The third-order valence-electron chi connectivity index (χ3n) is 3.51. The molecule has 1 fully saturated rings. The van der Waals surface area contributed by atoms with Crippen molar-refractivity contribution in [1.82, 2.24) is 10.3 Å². The number of carbonyl (C=O) groups is 1. The SMILES string of the molecule is CSC1(CNC(=O)c2cnc(NN)c(Cl)c2)CCC1. The summed E-state index contributed by atoms with van der Waals surface area (Å²) in [7, 11) is 0. The minimum Gasteiger partial charge on any atom is -0.351 e. The predicted molar refractivity (Wildman–Crippen MR) is 79.5 cm³/mol. The van der Waals surface area contributed by atoms with Crippen molar-refractivity contribution in [1.29, 1.82) is 0 Å². The molecule has 0 bridgehead atoms. The summed E-state index contributed by atoms with van der Waals surface area (Å²) >= 11 is 7.76. The number of hydrazine groups is 1. The van der Waals surface area contributed by atoms with Crippen LogP contribution in [0.3, 0.4) is 0 Å². The second-order valence-electron chi connectivity index (χ2n) is 4.62. The lowest BCUT2D eigenvalue weighted by molar-refractivity contribution is 0.0943. The van der Waals surface area contributed by atoms with E-state index >= 15 is 0 Å². The highest BCUT2D eigenvalue weighted by atomic mass is 35.5. The molecule has 1 heterocycles. The Morgan fingerprint density at radius 2 is 2.37 bits per heavy atom. The van der Waals surface area contributed by atoms with Crippen LogP contribution >= 0.6 is 23.4 Å². The fourth-order valence-electron chi connectivity index (χ4n) is 2.04. The second kappa shape index (κ2) is 5.98. The van der Waals surface area contributed by atoms with Gasteiger partial charge in [-0.05, 0) is 25.2 Å². The Labute approximate surface area is 121 Å². The Kier molecular flexibility index (Phi) is 4.54. The maximum absolute atomic E-state index is 12.0. The van der Waals surface area contributed by atoms with Crippen LogP contribution in [0.25, 0.3) is 0 Å². The third-order valence-corrected chi connectivity index (χ3v) is 5.22. The summed E-state index contributed by atoms with van der Waals surface area (Å²) in [5.74, 6) is 5.44. The van der Waals surface area contributed by atoms with E-state index in [0.717, 1.165) is 12.8 Å². The molecule has 1 aliphatic rings. The maximum Gasteiger partial charge on any atom is 0.252 e. The molecular formula is C12H17ClN4OS. The van der Waals surface area contributed by atoms with Crippen LogP contribution < -0.4 is 16.6 Å². The summed E-state index contributed by atoms with van der Waals surface area (Å²) < 4.78 is 0.214. The van der Waals surface area contributed by atoms with Crippen molar-refractivity contribution in [2.24, 2.45) is 5.84 Å². The van der Waals surface area contributed by atoms with Crippen LogP contribution in [0.15, 0.2) is 12.3 Å². The van der Waals surface area contributed by atoms with Crippen molar-refractivity contribution in [3.63, 3.8) is 0 Å². The van der Waals surface area contributed by atoms with E-state index in [2.05, 4.69) is 22.0 Å². The molecule has 7 heteroatoms. The first-order chi connectivity index (χ1) is 9.10. The highest BCUT2D eigenvalue weighted by molar-refractivity contribution is 8.00. The summed E-state index contributed by atoms with van der Waals surface area (Å²) in [6, 6.07) is 1.56. The van der Waals surface area contributed by atoms with E-state index in [4.69, 9.17) is 17.4 Å². The van der Waals surface area contributed by atoms with Crippen molar-refractivity contribution < 1.29 is 4.79 Å². The average molecular weight is 301 g/mol. The number of rotatable bonds is 5. The van der Waals surface area contributed by atoms with Crippen LogP contribution in [0.1, 0.15) is 29.6 Å². The zero-order chi connectivity index (χ0) is 13.9. The monoisotopic (exact) mass is 300 g/mol. The van der Waals surface area contributed by atoms with Gasteiger partial charge < -0.3 is 10.7 Å². The Hall–Kier alpha value is -0.980. The quantitative estimate of drug-likeness (QED) is 0.573. The van der Waals surface area contributed by atoms with Gasteiger partial charge in [-0.2, -0.15) is 11.8 Å². The molecule has 0 aromatic carbocycles. The van der Waals surface area contributed by atoms with E-state index in [1.54, 1.807) is 6.07 Å². The first kappa shape index (κ1) is 14.4. The van der Waals surface area contributed by atoms with E-state index in [9.17, 15) is 4.79 Å². The molecule has 0 aliphatic heterocycles. The van der Waals surface area contributed by atoms with Gasteiger partial charge in [0.2, 0.25) is 0 Å². The maximum atomic E-state index is 12.0. The van der Waals surface area contributed by atoms with Crippen LogP contribution in [0.2, 0.25) is 5.02 Å². The Morgan fingerprint density at radius 1 is 1.63 bits per heavy atom. The van der Waals surface area contributed by atoms with Crippen LogP contribution in [0.5, 0.6) is 0 Å². The molecule has 2 rings (SSSR count). The number of nitrogens with one attached hydrogen (secondary N) is 2. The minimum atomic E-state index is -0.154. The topological polar surface area (TPSA) is 80.0 Å². The molecule has 0 atom stereocenters. The van der Waals surface area contributed by atoms with Crippen LogP contribution in [0.4, 0.5) is 5.82 Å². The highest BCUT2D eigenvalue weighted by Crippen LogP contribution is 2.42. The predicted octanol–water partition coefficient (Wildman–Crippen LogP) is 2.04. The number of nitrogens with two attached hydrogens (primary N) is 1. The molecule has 0 spiro atoms. The number of carbonyl (C=O) groups excluding carboxylic acids is 1. The molecule has 1 amide bonds. The van der Waals surface area contributed by atoms with Gasteiger partial charge in [-0.25, -0.2) is 10.8 Å². The lowest BCUT2D eigenvalue weighted by atomic mass is 9.84. The van der Waals surface area contributed by atoms with Crippen LogP contribution in [-0.4, -0.2) is 28.4 Å². The van der Waals surface area contributed by atoms with Crippen molar-refractivity contribution in [3.05, 3.63) is 22.8 Å². The van der Waals surface area contributed by atoms with E-state index < -0.39 is 0 Å². The normalized spacial score (nSPS) is 16.6. The molecule has 5 nitrogen and oxygen atoms in total. The van der Waals surface area contributed by atoms with Gasteiger partial charge >= 0.3 is 0 Å². The summed E-state index contributed by atoms with van der Waals surface area (Å²) in [5.41, 5.74) is 2.81. The van der Waals surface area contributed by atoms with Crippen molar-refractivity contribution in [3.8, 4) is 0 Å². The number of nitrogen functional groups attached to an aromatic ring is 1. The first-order valence-electron chi connectivity index (χ1n) is 6.06. The highest BCUT2D eigenvalue weighted by Gasteiger charge is 2.36. The van der Waals surface area contributed by atoms with Crippen molar-refractivity contribution >= 4 is 35.1 Å². The zero-order valence-corrected chi connectivity index (χ0v) is 12.3. The number of hydrogen-bond donors (Lipinski definition) is 3. The number of halogens is 1. The largest absolute Gasteiger partial charge is 0.351 e. The van der Waals surface area contributed by atoms with Crippen molar-refractivity contribution in [2.45, 2.75) is 24.0 Å². The molecule has 19 heavy (non-hydrogen) atoms. The molecule has 0 radical (unpaired) electrons. The Bertz CT molecular complexity index is 473. The van der Waals surface area contributed by atoms with E-state index in [0.29, 0.717) is 22.9 Å². The van der Waals surface area contributed by atoms with Gasteiger partial charge in [-0.3, -0.25) is 4.79 Å². The van der Waals surface area contributed by atoms with Crippen molar-refractivity contribution in [2.75, 3.05) is 18.2 Å². The second-order valence-corrected chi connectivity index (χ2v) is 6.30. The molecule has 0 saturated heterocycles. The molecule has 1 saturated carbocycles. The minimum absolute atomic E-state index is 0.154. The molecular weight excluding hydrogens is 284 g/mol. The number of pyridine rings is 1. The smallest absolute Gasteiger partial charge is 0.252 e. The standard InChI is InChI=1S/C12H17ClN4OS/c1-19-12(3-2-4-12)7-16-11(18)8-5-9(13)10(17-14)15-6-8/h5-6H,2-4,7,14H2,1H3,(H,15,17)(H,16,18). The van der Waals surface area contributed by atoms with Gasteiger partial charge in [-0.15, -0.1) is 0 Å². The summed E-state index contributed by atoms with van der Waals surface area (Å²) in [4.78, 5) is 16.0. The summed E-state index contributed by atoms with van der Waals surface area (Å²) in [6.45, 7) is 0.682. The van der Waals surface area contributed by atoms with E-state index in [-0.39, 0.29) is 10.7 Å². The van der Waals surface area contributed by atoms with Crippen LogP contribution in [-0.2, 0) is 0 Å². The molecule has 1 aromatic heterocycles. The molecule has 1 aliphatic carbocycles. The van der Waals surface area contributed by atoms with Gasteiger partial charge in [0.25, 0.3) is 5.91 Å². The van der Waals surface area contributed by atoms with Gasteiger partial charge in [0, 0.05) is 17.5 Å². The number of hydrogen-bond acceptors (Lipinski definition) is 5. The van der Waals surface area contributed by atoms with Gasteiger partial charge in [0.05, 0.1) is 10.6 Å². The van der Waals surface area contributed by atoms with Crippen LogP contribution in [0, 0.1) is 0 Å². The molecule has 104 valence electrons. The fraction of sp³-hybridized carbons (Fsp3) is 0.500.